The maximum atomic E-state index is 13.4. The van der Waals surface area contributed by atoms with E-state index < -0.39 is 26.8 Å². The highest BCUT2D eigenvalue weighted by Gasteiger charge is 2.33. The lowest BCUT2D eigenvalue weighted by atomic mass is 9.82. The van der Waals surface area contributed by atoms with Crippen molar-refractivity contribution >= 4 is 45.7 Å². The molecule has 0 spiro atoms. The Hall–Kier alpha value is -2.14. The average Bonchev–Trinajstić information content (AvgIpc) is 3.26. The largest absolute Gasteiger partial charge is 0.486 e. The smallest absolute Gasteiger partial charge is 0.321 e. The summed E-state index contributed by atoms with van der Waals surface area (Å²) in [5.74, 6) is 0.0182. The summed E-state index contributed by atoms with van der Waals surface area (Å²) < 4.78 is 38.5. The van der Waals surface area contributed by atoms with Crippen LogP contribution in [0.2, 0.25) is 0 Å². The third-order valence-corrected chi connectivity index (χ3v) is 10.0. The molecular formula is C28H41NO6S3. The molecule has 0 fully saturated rings. The standard InChI is InChI=1S/C27H37NO6S2.CH4S/c1-10-13-28(16-24(30)33-9)36(31,32)25-19(3)15-23(35-25)27(7,8)20-11-12-21(18(2)14-20)34-17-22(29)26(4,5)6;1-2/h10-12,14-15H,1,13,16-17H2,2-9H3;2H,1H3. The van der Waals surface area contributed by atoms with Crippen molar-refractivity contribution in [3.8, 4) is 5.75 Å². The predicted octanol–water partition coefficient (Wildman–Crippen LogP) is 5.58. The zero-order valence-electron chi connectivity index (χ0n) is 23.9. The van der Waals surface area contributed by atoms with Gasteiger partial charge in [0.05, 0.1) is 7.11 Å². The molecule has 1 aromatic carbocycles. The normalized spacial score (nSPS) is 12.0. The maximum Gasteiger partial charge on any atom is 0.321 e. The Bertz CT molecular complexity index is 1240. The molecule has 0 bridgehead atoms. The van der Waals surface area contributed by atoms with Crippen molar-refractivity contribution in [2.75, 3.05) is 33.1 Å². The number of carbonyl (C=O) groups excluding carboxylic acids is 2. The minimum absolute atomic E-state index is 0.00516. The van der Waals surface area contributed by atoms with Crippen LogP contribution < -0.4 is 4.74 Å². The Labute approximate surface area is 237 Å². The summed E-state index contributed by atoms with van der Waals surface area (Å²) in [6.45, 7) is 16.5. The van der Waals surface area contributed by atoms with E-state index in [1.54, 1.807) is 13.2 Å². The number of thiophene rings is 1. The van der Waals surface area contributed by atoms with Crippen LogP contribution in [-0.2, 0) is 29.8 Å². The van der Waals surface area contributed by atoms with Crippen LogP contribution in [0.5, 0.6) is 5.75 Å². The lowest BCUT2D eigenvalue weighted by Crippen LogP contribution is -2.36. The third kappa shape index (κ3) is 8.18. The number of ketones is 1. The molecule has 0 aliphatic carbocycles. The second-order valence-electron chi connectivity index (χ2n) is 10.3. The van der Waals surface area contributed by atoms with Gasteiger partial charge in [0.15, 0.2) is 5.78 Å². The molecule has 0 saturated heterocycles. The number of carbonyl (C=O) groups is 2. The van der Waals surface area contributed by atoms with Gasteiger partial charge in [-0.25, -0.2) is 8.42 Å². The summed E-state index contributed by atoms with van der Waals surface area (Å²) in [5.41, 5.74) is 1.51. The van der Waals surface area contributed by atoms with Gasteiger partial charge in [-0.2, -0.15) is 16.9 Å². The number of ether oxygens (including phenoxy) is 2. The van der Waals surface area contributed by atoms with Gasteiger partial charge in [0.25, 0.3) is 10.0 Å². The Balaban J connectivity index is 0.00000352. The molecule has 0 atom stereocenters. The fraction of sp³-hybridized carbons (Fsp3) is 0.500. The molecule has 2 aromatic rings. The molecule has 1 aromatic heterocycles. The molecule has 0 saturated carbocycles. The summed E-state index contributed by atoms with van der Waals surface area (Å²) in [4.78, 5) is 24.9. The third-order valence-electron chi connectivity index (χ3n) is 6.02. The first-order chi connectivity index (χ1) is 17.5. The first-order valence-corrected chi connectivity index (χ1v) is 15.2. The van der Waals surface area contributed by atoms with Crippen LogP contribution >= 0.6 is 24.0 Å². The Morgan fingerprint density at radius 1 is 1.08 bits per heavy atom. The van der Waals surface area contributed by atoms with E-state index in [-0.39, 0.29) is 29.7 Å². The van der Waals surface area contributed by atoms with Gasteiger partial charge >= 0.3 is 5.97 Å². The SMILES string of the molecule is C=CCN(CC(=O)OC)S(=O)(=O)c1sc(C(C)(C)c2ccc(OCC(=O)C(C)(C)C)c(C)c2)cc1C.CS. The number of sulfonamides is 1. The van der Waals surface area contributed by atoms with Crippen molar-refractivity contribution in [2.45, 2.75) is 58.1 Å². The van der Waals surface area contributed by atoms with Gasteiger partial charge in [-0.05, 0) is 48.9 Å². The molecule has 0 N–H and O–H groups in total. The summed E-state index contributed by atoms with van der Waals surface area (Å²) in [6.07, 6.45) is 3.13. The number of thiol groups is 1. The van der Waals surface area contributed by atoms with E-state index >= 15 is 0 Å². The van der Waals surface area contributed by atoms with E-state index in [1.165, 1.54) is 24.5 Å². The van der Waals surface area contributed by atoms with Gasteiger partial charge in [-0.3, -0.25) is 9.59 Å². The second kappa shape index (κ2) is 13.8. The maximum absolute atomic E-state index is 13.4. The number of Topliss-reactive ketones (excluding diaryl/α,β-unsaturated/α-hetero) is 1. The summed E-state index contributed by atoms with van der Waals surface area (Å²) in [6, 6.07) is 7.67. The van der Waals surface area contributed by atoms with Gasteiger partial charge < -0.3 is 9.47 Å². The number of aryl methyl sites for hydroxylation is 2. The second-order valence-corrected chi connectivity index (χ2v) is 13.5. The molecule has 0 amide bonds. The Morgan fingerprint density at radius 2 is 1.68 bits per heavy atom. The molecule has 212 valence electrons. The van der Waals surface area contributed by atoms with Gasteiger partial charge in [0, 0.05) is 22.3 Å². The van der Waals surface area contributed by atoms with Crippen LogP contribution in [0.25, 0.3) is 0 Å². The quantitative estimate of drug-likeness (QED) is 0.211. The first-order valence-electron chi connectivity index (χ1n) is 12.1. The van der Waals surface area contributed by atoms with Gasteiger partial charge in [0.2, 0.25) is 0 Å². The highest BCUT2D eigenvalue weighted by atomic mass is 32.2. The number of esters is 1. The van der Waals surface area contributed by atoms with Crippen molar-refractivity contribution in [1.29, 1.82) is 0 Å². The molecule has 1 heterocycles. The zero-order valence-corrected chi connectivity index (χ0v) is 26.4. The fourth-order valence-corrected chi connectivity index (χ4v) is 6.76. The topological polar surface area (TPSA) is 90.0 Å². The van der Waals surface area contributed by atoms with Crippen molar-refractivity contribution < 1.29 is 27.5 Å². The van der Waals surface area contributed by atoms with Crippen molar-refractivity contribution in [3.63, 3.8) is 0 Å². The van der Waals surface area contributed by atoms with E-state index in [1.807, 2.05) is 65.8 Å². The minimum Gasteiger partial charge on any atom is -0.486 e. The highest BCUT2D eigenvalue weighted by Crippen LogP contribution is 2.41. The van der Waals surface area contributed by atoms with Crippen LogP contribution in [0.1, 0.15) is 56.2 Å². The van der Waals surface area contributed by atoms with Gasteiger partial charge in [0.1, 0.15) is 23.1 Å². The number of benzene rings is 1. The summed E-state index contributed by atoms with van der Waals surface area (Å²) in [5, 5.41) is 0. The monoisotopic (exact) mass is 583 g/mol. The lowest BCUT2D eigenvalue weighted by Gasteiger charge is -2.25. The van der Waals surface area contributed by atoms with Crippen molar-refractivity contribution in [3.05, 3.63) is 58.5 Å². The van der Waals surface area contributed by atoms with E-state index in [9.17, 15) is 18.0 Å². The summed E-state index contributed by atoms with van der Waals surface area (Å²) >= 11 is 4.72. The van der Waals surface area contributed by atoms with Crippen LogP contribution in [0.15, 0.2) is 41.1 Å². The van der Waals surface area contributed by atoms with E-state index in [4.69, 9.17) is 4.74 Å². The summed E-state index contributed by atoms with van der Waals surface area (Å²) in [7, 11) is -2.71. The molecule has 10 heteroatoms. The number of nitrogens with zero attached hydrogens (tertiary/aromatic N) is 1. The number of rotatable bonds is 11. The molecule has 38 heavy (non-hydrogen) atoms. The Morgan fingerprint density at radius 3 is 2.18 bits per heavy atom. The number of hydrogen-bond acceptors (Lipinski definition) is 8. The van der Waals surface area contributed by atoms with E-state index in [0.29, 0.717) is 11.3 Å². The number of methoxy groups -OCH3 is 1. The average molecular weight is 584 g/mol. The predicted molar refractivity (Wildman–Crippen MR) is 158 cm³/mol. The Kier molecular flexibility index (Phi) is 12.3. The number of hydrogen-bond donors (Lipinski definition) is 1. The van der Waals surface area contributed by atoms with E-state index in [0.717, 1.165) is 20.3 Å². The molecule has 0 aliphatic heterocycles. The highest BCUT2D eigenvalue weighted by molar-refractivity contribution is 7.91. The molecule has 7 nitrogen and oxygen atoms in total. The van der Waals surface area contributed by atoms with Gasteiger partial charge in [-0.1, -0.05) is 52.8 Å². The molecular weight excluding hydrogens is 543 g/mol. The van der Waals surface area contributed by atoms with Crippen LogP contribution in [0, 0.1) is 19.3 Å². The van der Waals surface area contributed by atoms with Crippen LogP contribution in [0.3, 0.4) is 0 Å². The molecule has 0 aliphatic rings. The van der Waals surface area contributed by atoms with Crippen LogP contribution in [0.4, 0.5) is 0 Å². The van der Waals surface area contributed by atoms with Crippen molar-refractivity contribution in [2.24, 2.45) is 5.41 Å². The minimum atomic E-state index is -3.94. The van der Waals surface area contributed by atoms with E-state index in [2.05, 4.69) is 23.9 Å². The zero-order chi connectivity index (χ0) is 29.5. The van der Waals surface area contributed by atoms with Crippen molar-refractivity contribution in [1.82, 2.24) is 4.31 Å². The lowest BCUT2D eigenvalue weighted by molar-refractivity contribution is -0.140. The van der Waals surface area contributed by atoms with Gasteiger partial charge in [-0.15, -0.1) is 17.9 Å². The molecule has 0 unspecified atom stereocenters. The fourth-order valence-electron chi connectivity index (χ4n) is 3.45. The molecule has 2 rings (SSSR count). The van der Waals surface area contributed by atoms with Crippen LogP contribution in [-0.4, -0.2) is 57.5 Å². The molecule has 0 radical (unpaired) electrons. The first kappa shape index (κ1) is 33.9.